The van der Waals surface area contributed by atoms with E-state index in [0.29, 0.717) is 17.6 Å². The first-order chi connectivity index (χ1) is 8.85. The van der Waals surface area contributed by atoms with Gasteiger partial charge in [-0.2, -0.15) is 0 Å². The minimum absolute atomic E-state index is 0.184. The highest BCUT2D eigenvalue weighted by atomic mass is 79.9. The number of carbonyl (C=O) groups excluding carboxylic acids is 1. The highest BCUT2D eigenvalue weighted by molar-refractivity contribution is 9.10. The zero-order valence-electron chi connectivity index (χ0n) is 10.7. The minimum Gasteiger partial charge on any atom is -0.349 e. The molecule has 0 aliphatic carbocycles. The largest absolute Gasteiger partial charge is 0.349 e. The summed E-state index contributed by atoms with van der Waals surface area (Å²) >= 11 is 3.15. The molecule has 104 valence electrons. The summed E-state index contributed by atoms with van der Waals surface area (Å²) in [7, 11) is 0. The van der Waals surface area contributed by atoms with Gasteiger partial charge in [-0.15, -0.1) is 0 Å². The van der Waals surface area contributed by atoms with Gasteiger partial charge in [0.05, 0.1) is 6.61 Å². The van der Waals surface area contributed by atoms with Crippen LogP contribution in [0.1, 0.15) is 24.2 Å². The lowest BCUT2D eigenvalue weighted by Crippen LogP contribution is -2.34. The maximum Gasteiger partial charge on any atom is 0.251 e. The molecule has 1 aromatic rings. The van der Waals surface area contributed by atoms with E-state index in [0.717, 1.165) is 0 Å². The molecule has 1 amide bonds. The van der Waals surface area contributed by atoms with Crippen molar-refractivity contribution in [1.82, 2.24) is 5.32 Å². The molecule has 1 heterocycles. The summed E-state index contributed by atoms with van der Waals surface area (Å²) in [4.78, 5) is 11.9. The van der Waals surface area contributed by atoms with Crippen molar-refractivity contribution in [2.24, 2.45) is 0 Å². The van der Waals surface area contributed by atoms with Crippen LogP contribution >= 0.6 is 15.9 Å². The molecule has 0 spiro atoms. The van der Waals surface area contributed by atoms with Crippen molar-refractivity contribution in [2.45, 2.75) is 25.7 Å². The van der Waals surface area contributed by atoms with Crippen LogP contribution in [0.4, 0.5) is 4.39 Å². The Labute approximate surface area is 119 Å². The number of hydrogen-bond donors (Lipinski definition) is 1. The van der Waals surface area contributed by atoms with Gasteiger partial charge in [-0.25, -0.2) is 4.39 Å². The predicted octanol–water partition coefficient (Wildman–Crippen LogP) is 2.47. The van der Waals surface area contributed by atoms with Crippen LogP contribution < -0.4 is 5.32 Å². The molecular formula is C13H15BrFNO3. The Bertz CT molecular complexity index is 473. The van der Waals surface area contributed by atoms with Crippen molar-refractivity contribution < 1.29 is 18.7 Å². The number of nitrogens with one attached hydrogen (secondary N) is 1. The molecule has 19 heavy (non-hydrogen) atoms. The molecule has 2 rings (SSSR count). The topological polar surface area (TPSA) is 47.6 Å². The summed E-state index contributed by atoms with van der Waals surface area (Å²) in [5.74, 6) is -1.41. The lowest BCUT2D eigenvalue weighted by molar-refractivity contribution is -0.137. The van der Waals surface area contributed by atoms with E-state index in [4.69, 9.17) is 9.47 Å². The zero-order chi connectivity index (χ0) is 14.0. The molecule has 6 heteroatoms. The number of hydrogen-bond acceptors (Lipinski definition) is 3. The van der Waals surface area contributed by atoms with E-state index in [1.807, 2.05) is 13.8 Å². The molecule has 1 saturated heterocycles. The minimum atomic E-state index is -0.614. The standard InChI is InChI=1S/C13H15BrFNO3/c1-13(2)18-7-11(19-13)6-16-12(17)8-3-9(14)5-10(15)4-8/h3-5,11H,6-7H2,1-2H3,(H,16,17). The third-order valence-corrected chi connectivity index (χ3v) is 3.14. The van der Waals surface area contributed by atoms with Crippen molar-refractivity contribution in [3.63, 3.8) is 0 Å². The molecule has 0 radical (unpaired) electrons. The van der Waals surface area contributed by atoms with Crippen LogP contribution in [0.15, 0.2) is 22.7 Å². The summed E-state index contributed by atoms with van der Waals surface area (Å²) in [5, 5.41) is 2.70. The van der Waals surface area contributed by atoms with Gasteiger partial charge in [0.15, 0.2) is 5.79 Å². The molecule has 0 bridgehead atoms. The van der Waals surface area contributed by atoms with E-state index in [2.05, 4.69) is 21.2 Å². The Kier molecular flexibility index (Phi) is 4.23. The van der Waals surface area contributed by atoms with Crippen LogP contribution in [-0.2, 0) is 9.47 Å². The van der Waals surface area contributed by atoms with Crippen molar-refractivity contribution >= 4 is 21.8 Å². The van der Waals surface area contributed by atoms with Crippen LogP contribution in [0.2, 0.25) is 0 Å². The Morgan fingerprint density at radius 3 is 2.84 bits per heavy atom. The fourth-order valence-electron chi connectivity index (χ4n) is 1.86. The van der Waals surface area contributed by atoms with Gasteiger partial charge in [0, 0.05) is 16.6 Å². The quantitative estimate of drug-likeness (QED) is 0.925. The van der Waals surface area contributed by atoms with E-state index < -0.39 is 11.6 Å². The Morgan fingerprint density at radius 2 is 2.26 bits per heavy atom. The summed E-state index contributed by atoms with van der Waals surface area (Å²) in [5.41, 5.74) is 0.269. The molecule has 1 aliphatic rings. The highest BCUT2D eigenvalue weighted by Gasteiger charge is 2.32. The van der Waals surface area contributed by atoms with E-state index in [-0.39, 0.29) is 17.6 Å². The average molecular weight is 332 g/mol. The lowest BCUT2D eigenvalue weighted by Gasteiger charge is -2.17. The van der Waals surface area contributed by atoms with Crippen LogP contribution in [0.3, 0.4) is 0 Å². The van der Waals surface area contributed by atoms with Gasteiger partial charge in [0.2, 0.25) is 0 Å². The van der Waals surface area contributed by atoms with E-state index >= 15 is 0 Å². The van der Waals surface area contributed by atoms with Crippen LogP contribution in [-0.4, -0.2) is 30.9 Å². The Hall–Kier alpha value is -0.980. The first-order valence-corrected chi connectivity index (χ1v) is 6.71. The van der Waals surface area contributed by atoms with Crippen molar-refractivity contribution in [3.05, 3.63) is 34.1 Å². The number of benzene rings is 1. The normalized spacial score (nSPS) is 21.4. The molecule has 0 aromatic heterocycles. The lowest BCUT2D eigenvalue weighted by atomic mass is 10.2. The molecule has 1 fully saturated rings. The molecule has 1 aromatic carbocycles. The fourth-order valence-corrected chi connectivity index (χ4v) is 2.32. The first-order valence-electron chi connectivity index (χ1n) is 5.92. The van der Waals surface area contributed by atoms with Crippen LogP contribution in [0, 0.1) is 5.82 Å². The van der Waals surface area contributed by atoms with Crippen LogP contribution in [0.5, 0.6) is 0 Å². The summed E-state index contributed by atoms with van der Waals surface area (Å²) in [6.45, 7) is 4.40. The number of rotatable bonds is 3. The maximum atomic E-state index is 13.2. The summed E-state index contributed by atoms with van der Waals surface area (Å²) < 4.78 is 24.7. The molecular weight excluding hydrogens is 317 g/mol. The van der Waals surface area contributed by atoms with Gasteiger partial charge in [0.1, 0.15) is 11.9 Å². The number of carbonyl (C=O) groups is 1. The number of amides is 1. The fraction of sp³-hybridized carbons (Fsp3) is 0.462. The maximum absolute atomic E-state index is 13.2. The number of halogens is 2. The SMILES string of the molecule is CC1(C)OCC(CNC(=O)c2cc(F)cc(Br)c2)O1. The van der Waals surface area contributed by atoms with Crippen molar-refractivity contribution in [2.75, 3.05) is 13.2 Å². The predicted molar refractivity (Wildman–Crippen MR) is 71.3 cm³/mol. The third-order valence-electron chi connectivity index (χ3n) is 2.68. The first kappa shape index (κ1) is 14.4. The number of ether oxygens (including phenoxy) is 2. The molecule has 1 N–H and O–H groups in total. The van der Waals surface area contributed by atoms with Crippen molar-refractivity contribution in [3.8, 4) is 0 Å². The van der Waals surface area contributed by atoms with Gasteiger partial charge in [-0.3, -0.25) is 4.79 Å². The molecule has 0 saturated carbocycles. The molecule has 1 unspecified atom stereocenters. The summed E-state index contributed by atoms with van der Waals surface area (Å²) in [6, 6.07) is 4.05. The van der Waals surface area contributed by atoms with Gasteiger partial charge in [0.25, 0.3) is 5.91 Å². The molecule has 1 atom stereocenters. The van der Waals surface area contributed by atoms with E-state index in [1.54, 1.807) is 6.07 Å². The Morgan fingerprint density at radius 1 is 1.53 bits per heavy atom. The second kappa shape index (κ2) is 5.56. The zero-order valence-corrected chi connectivity index (χ0v) is 12.3. The monoisotopic (exact) mass is 331 g/mol. The second-order valence-electron chi connectivity index (χ2n) is 4.82. The van der Waals surface area contributed by atoms with Gasteiger partial charge in [-0.1, -0.05) is 15.9 Å². The van der Waals surface area contributed by atoms with E-state index in [1.165, 1.54) is 12.1 Å². The Balaban J connectivity index is 1.91. The molecule has 1 aliphatic heterocycles. The van der Waals surface area contributed by atoms with E-state index in [9.17, 15) is 9.18 Å². The van der Waals surface area contributed by atoms with Gasteiger partial charge >= 0.3 is 0 Å². The van der Waals surface area contributed by atoms with Gasteiger partial charge < -0.3 is 14.8 Å². The second-order valence-corrected chi connectivity index (χ2v) is 5.73. The molecule has 4 nitrogen and oxygen atoms in total. The van der Waals surface area contributed by atoms with Gasteiger partial charge in [-0.05, 0) is 32.0 Å². The average Bonchev–Trinajstić information content (AvgIpc) is 2.64. The van der Waals surface area contributed by atoms with Crippen LogP contribution in [0.25, 0.3) is 0 Å². The third kappa shape index (κ3) is 3.99. The summed E-state index contributed by atoms with van der Waals surface area (Å²) in [6.07, 6.45) is -0.184. The smallest absolute Gasteiger partial charge is 0.251 e. The highest BCUT2D eigenvalue weighted by Crippen LogP contribution is 2.21. The van der Waals surface area contributed by atoms with Crippen molar-refractivity contribution in [1.29, 1.82) is 0 Å².